The standard InChI is InChI=1S/C19H22INO3/c1-22-13-6-4-12(5-7-13)16-11-21-9-8-14-15(16)10-17(23-2)19(24-3)18(14)20/h4-7,10,16,21H,8-9,11H2,1-3H3. The molecule has 3 rings (SSSR count). The summed E-state index contributed by atoms with van der Waals surface area (Å²) in [6.07, 6.45) is 0.987. The summed E-state index contributed by atoms with van der Waals surface area (Å²) in [5, 5.41) is 3.56. The van der Waals surface area contributed by atoms with Gasteiger partial charge < -0.3 is 19.5 Å². The Morgan fingerprint density at radius 2 is 1.79 bits per heavy atom. The third kappa shape index (κ3) is 3.19. The van der Waals surface area contributed by atoms with Gasteiger partial charge in [0.15, 0.2) is 11.5 Å². The van der Waals surface area contributed by atoms with Gasteiger partial charge in [-0.3, -0.25) is 0 Å². The molecule has 0 aliphatic carbocycles. The number of hydrogen-bond acceptors (Lipinski definition) is 4. The van der Waals surface area contributed by atoms with E-state index in [1.54, 1.807) is 21.3 Å². The van der Waals surface area contributed by atoms with Crippen LogP contribution in [0.1, 0.15) is 22.6 Å². The Morgan fingerprint density at radius 1 is 1.04 bits per heavy atom. The first-order chi connectivity index (χ1) is 11.7. The summed E-state index contributed by atoms with van der Waals surface area (Å²) >= 11 is 2.38. The first kappa shape index (κ1) is 17.4. The summed E-state index contributed by atoms with van der Waals surface area (Å²) in [5.41, 5.74) is 3.93. The molecule has 1 aliphatic rings. The fourth-order valence-corrected chi connectivity index (χ4v) is 4.34. The van der Waals surface area contributed by atoms with Gasteiger partial charge in [-0.1, -0.05) is 12.1 Å². The SMILES string of the molecule is COc1ccc(C2CNCCc3c2cc(OC)c(OC)c3I)cc1. The molecule has 5 heteroatoms. The van der Waals surface area contributed by atoms with E-state index in [0.29, 0.717) is 0 Å². The van der Waals surface area contributed by atoms with Gasteiger partial charge in [0.05, 0.1) is 24.9 Å². The van der Waals surface area contributed by atoms with Gasteiger partial charge in [-0.05, 0) is 70.4 Å². The molecule has 1 atom stereocenters. The number of ether oxygens (including phenoxy) is 3. The number of rotatable bonds is 4. The van der Waals surface area contributed by atoms with Crippen LogP contribution in [0.3, 0.4) is 0 Å². The fraction of sp³-hybridized carbons (Fsp3) is 0.368. The van der Waals surface area contributed by atoms with E-state index in [9.17, 15) is 0 Å². The summed E-state index contributed by atoms with van der Waals surface area (Å²) in [4.78, 5) is 0. The van der Waals surface area contributed by atoms with Gasteiger partial charge in [0.1, 0.15) is 5.75 Å². The summed E-state index contributed by atoms with van der Waals surface area (Å²) in [6, 6.07) is 10.5. The van der Waals surface area contributed by atoms with Crippen LogP contribution in [-0.2, 0) is 6.42 Å². The molecule has 1 aliphatic heterocycles. The maximum absolute atomic E-state index is 5.58. The lowest BCUT2D eigenvalue weighted by atomic mass is 9.87. The van der Waals surface area contributed by atoms with Crippen molar-refractivity contribution in [1.29, 1.82) is 0 Å². The van der Waals surface area contributed by atoms with Gasteiger partial charge in [-0.15, -0.1) is 0 Å². The monoisotopic (exact) mass is 439 g/mol. The van der Waals surface area contributed by atoms with Crippen molar-refractivity contribution in [2.24, 2.45) is 0 Å². The lowest BCUT2D eigenvalue weighted by Gasteiger charge is -2.22. The largest absolute Gasteiger partial charge is 0.497 e. The number of benzene rings is 2. The Labute approximate surface area is 156 Å². The second kappa shape index (κ2) is 7.61. The molecule has 1 heterocycles. The molecule has 0 aromatic heterocycles. The van der Waals surface area contributed by atoms with Crippen molar-refractivity contribution in [3.8, 4) is 17.2 Å². The van der Waals surface area contributed by atoms with Crippen LogP contribution >= 0.6 is 22.6 Å². The molecule has 0 radical (unpaired) electrons. The quantitative estimate of drug-likeness (QED) is 0.740. The van der Waals surface area contributed by atoms with E-state index in [1.807, 2.05) is 12.1 Å². The Bertz CT molecular complexity index is 716. The molecule has 2 aromatic rings. The fourth-order valence-electron chi connectivity index (χ4n) is 3.28. The summed E-state index contributed by atoms with van der Waals surface area (Å²) in [5.74, 6) is 2.78. The smallest absolute Gasteiger partial charge is 0.174 e. The zero-order chi connectivity index (χ0) is 17.1. The Balaban J connectivity index is 2.12. The van der Waals surface area contributed by atoms with E-state index < -0.39 is 0 Å². The third-order valence-electron chi connectivity index (χ3n) is 4.54. The number of nitrogens with one attached hydrogen (secondary N) is 1. The van der Waals surface area contributed by atoms with Crippen LogP contribution in [0, 0.1) is 3.57 Å². The molecule has 0 saturated carbocycles. The molecular weight excluding hydrogens is 417 g/mol. The van der Waals surface area contributed by atoms with Crippen LogP contribution in [0.25, 0.3) is 0 Å². The average Bonchev–Trinajstić information content (AvgIpc) is 2.84. The molecule has 0 spiro atoms. The lowest BCUT2D eigenvalue weighted by molar-refractivity contribution is 0.352. The van der Waals surface area contributed by atoms with Gasteiger partial charge >= 0.3 is 0 Å². The Hall–Kier alpha value is -1.47. The first-order valence-corrected chi connectivity index (χ1v) is 9.05. The normalized spacial score (nSPS) is 16.9. The van der Waals surface area contributed by atoms with E-state index in [-0.39, 0.29) is 5.92 Å². The van der Waals surface area contributed by atoms with Crippen molar-refractivity contribution < 1.29 is 14.2 Å². The number of methoxy groups -OCH3 is 3. The minimum absolute atomic E-state index is 0.279. The Morgan fingerprint density at radius 3 is 2.42 bits per heavy atom. The number of hydrogen-bond donors (Lipinski definition) is 1. The molecule has 1 N–H and O–H groups in total. The zero-order valence-electron chi connectivity index (χ0n) is 14.2. The summed E-state index contributed by atoms with van der Waals surface area (Å²) in [7, 11) is 5.08. The van der Waals surface area contributed by atoms with Crippen LogP contribution < -0.4 is 19.5 Å². The van der Waals surface area contributed by atoms with Crippen LogP contribution in [0.4, 0.5) is 0 Å². The summed E-state index contributed by atoms with van der Waals surface area (Å²) < 4.78 is 17.6. The van der Waals surface area contributed by atoms with Gasteiger partial charge in [0.25, 0.3) is 0 Å². The zero-order valence-corrected chi connectivity index (χ0v) is 16.3. The highest BCUT2D eigenvalue weighted by atomic mass is 127. The molecule has 128 valence electrons. The topological polar surface area (TPSA) is 39.7 Å². The number of fused-ring (bicyclic) bond motifs is 1. The van der Waals surface area contributed by atoms with Crippen molar-refractivity contribution in [3.05, 3.63) is 50.6 Å². The van der Waals surface area contributed by atoms with Crippen molar-refractivity contribution in [2.45, 2.75) is 12.3 Å². The van der Waals surface area contributed by atoms with Crippen molar-refractivity contribution in [2.75, 3.05) is 34.4 Å². The van der Waals surface area contributed by atoms with E-state index in [2.05, 4.69) is 46.1 Å². The second-order valence-corrected chi connectivity index (χ2v) is 6.85. The molecule has 24 heavy (non-hydrogen) atoms. The van der Waals surface area contributed by atoms with Crippen LogP contribution in [-0.4, -0.2) is 34.4 Å². The average molecular weight is 439 g/mol. The Kier molecular flexibility index (Phi) is 5.50. The molecule has 1 unspecified atom stereocenters. The minimum Gasteiger partial charge on any atom is -0.497 e. The highest BCUT2D eigenvalue weighted by Crippen LogP contribution is 2.41. The molecule has 2 aromatic carbocycles. The van der Waals surface area contributed by atoms with E-state index in [0.717, 1.165) is 40.3 Å². The van der Waals surface area contributed by atoms with Crippen LogP contribution in [0.5, 0.6) is 17.2 Å². The maximum Gasteiger partial charge on any atom is 0.174 e. The van der Waals surface area contributed by atoms with Crippen molar-refractivity contribution in [1.82, 2.24) is 5.32 Å². The van der Waals surface area contributed by atoms with Gasteiger partial charge in [0.2, 0.25) is 0 Å². The minimum atomic E-state index is 0.279. The van der Waals surface area contributed by atoms with E-state index >= 15 is 0 Å². The first-order valence-electron chi connectivity index (χ1n) is 7.97. The lowest BCUT2D eigenvalue weighted by Crippen LogP contribution is -2.20. The van der Waals surface area contributed by atoms with Gasteiger partial charge in [-0.25, -0.2) is 0 Å². The molecule has 4 nitrogen and oxygen atoms in total. The van der Waals surface area contributed by atoms with Crippen molar-refractivity contribution >= 4 is 22.6 Å². The summed E-state index contributed by atoms with van der Waals surface area (Å²) in [6.45, 7) is 1.87. The van der Waals surface area contributed by atoms with E-state index in [1.165, 1.54) is 16.7 Å². The molecular formula is C19H22INO3. The molecule has 0 bridgehead atoms. The van der Waals surface area contributed by atoms with Crippen molar-refractivity contribution in [3.63, 3.8) is 0 Å². The molecule has 0 saturated heterocycles. The predicted molar refractivity (Wildman–Crippen MR) is 104 cm³/mol. The highest BCUT2D eigenvalue weighted by molar-refractivity contribution is 14.1. The van der Waals surface area contributed by atoms with E-state index in [4.69, 9.17) is 14.2 Å². The van der Waals surface area contributed by atoms with Crippen LogP contribution in [0.15, 0.2) is 30.3 Å². The number of halogens is 1. The highest BCUT2D eigenvalue weighted by Gasteiger charge is 2.26. The van der Waals surface area contributed by atoms with Crippen LogP contribution in [0.2, 0.25) is 0 Å². The predicted octanol–water partition coefficient (Wildman–Crippen LogP) is 3.59. The second-order valence-electron chi connectivity index (χ2n) is 5.77. The maximum atomic E-state index is 5.58. The van der Waals surface area contributed by atoms with Gasteiger partial charge in [0, 0.05) is 12.5 Å². The van der Waals surface area contributed by atoms with Gasteiger partial charge in [-0.2, -0.15) is 0 Å². The molecule has 0 amide bonds. The molecule has 0 fully saturated rings. The third-order valence-corrected chi connectivity index (χ3v) is 5.68.